The molecule has 1 aliphatic rings. The van der Waals surface area contributed by atoms with E-state index in [9.17, 15) is 19.4 Å². The zero-order chi connectivity index (χ0) is 26.1. The maximum Gasteiger partial charge on any atom is 0.332 e. The van der Waals surface area contributed by atoms with E-state index in [0.717, 1.165) is 13.1 Å². The molecule has 4 aromatic rings. The number of rotatable bonds is 6. The molecule has 37 heavy (non-hydrogen) atoms. The number of halogens is 2. The van der Waals surface area contributed by atoms with E-state index in [1.165, 1.54) is 21.3 Å². The first-order valence-corrected chi connectivity index (χ1v) is 12.4. The van der Waals surface area contributed by atoms with Crippen molar-refractivity contribution in [3.63, 3.8) is 0 Å². The molecule has 1 fully saturated rings. The first-order valence-electron chi connectivity index (χ1n) is 12.0. The fourth-order valence-electron chi connectivity index (χ4n) is 4.70. The van der Waals surface area contributed by atoms with Crippen molar-refractivity contribution >= 4 is 17.4 Å². The third-order valence-corrected chi connectivity index (χ3v) is 6.96. The lowest BCUT2D eigenvalue weighted by molar-refractivity contribution is 0.260. The highest BCUT2D eigenvalue weighted by Gasteiger charge is 2.21. The summed E-state index contributed by atoms with van der Waals surface area (Å²) in [6.07, 6.45) is 5.53. The number of pyridine rings is 1. The Kier molecular flexibility index (Phi) is 7.01. The lowest BCUT2D eigenvalue weighted by atomic mass is 9.97. The van der Waals surface area contributed by atoms with E-state index in [0.29, 0.717) is 46.2 Å². The minimum Gasteiger partial charge on any atom is -0.507 e. The van der Waals surface area contributed by atoms with Crippen LogP contribution < -0.4 is 15.9 Å². The van der Waals surface area contributed by atoms with E-state index in [2.05, 4.69) is 15.2 Å². The molecule has 3 N–H and O–H groups in total. The molecule has 8 nitrogen and oxygen atoms in total. The second-order valence-electron chi connectivity index (χ2n) is 9.09. The van der Waals surface area contributed by atoms with Gasteiger partial charge >= 0.3 is 5.69 Å². The molecule has 2 aromatic carbocycles. The van der Waals surface area contributed by atoms with E-state index < -0.39 is 5.82 Å². The second-order valence-corrected chi connectivity index (χ2v) is 9.50. The monoisotopic (exact) mass is 523 g/mol. The Hall–Kier alpha value is -3.66. The largest absolute Gasteiger partial charge is 0.507 e. The van der Waals surface area contributed by atoms with Crippen LogP contribution in [0, 0.1) is 5.82 Å². The summed E-state index contributed by atoms with van der Waals surface area (Å²) < 4.78 is 17.7. The molecule has 3 heterocycles. The number of aliphatic hydroxyl groups is 1. The summed E-state index contributed by atoms with van der Waals surface area (Å²) in [5, 5.41) is 24.2. The number of phenols is 1. The molecule has 5 rings (SSSR count). The summed E-state index contributed by atoms with van der Waals surface area (Å²) in [5.41, 5.74) is 2.00. The molecular weight excluding hydrogens is 497 g/mol. The van der Waals surface area contributed by atoms with Crippen molar-refractivity contribution in [1.29, 1.82) is 0 Å². The predicted octanol–water partition coefficient (Wildman–Crippen LogP) is 3.56. The number of anilines is 1. The number of aromatic hydroxyl groups is 1. The Morgan fingerprint density at radius 1 is 1.14 bits per heavy atom. The van der Waals surface area contributed by atoms with Gasteiger partial charge in [-0.25, -0.2) is 14.2 Å². The minimum absolute atomic E-state index is 0.0855. The molecule has 0 radical (unpaired) electrons. The summed E-state index contributed by atoms with van der Waals surface area (Å²) in [7, 11) is 1.65. The van der Waals surface area contributed by atoms with Gasteiger partial charge in [0.25, 0.3) is 0 Å². The third-order valence-electron chi connectivity index (χ3n) is 6.65. The molecule has 1 aliphatic heterocycles. The molecule has 192 valence electrons. The van der Waals surface area contributed by atoms with Gasteiger partial charge in [-0.15, -0.1) is 0 Å². The summed E-state index contributed by atoms with van der Waals surface area (Å²) in [5.74, 6) is 0.122. The van der Waals surface area contributed by atoms with Crippen molar-refractivity contribution in [1.82, 2.24) is 19.4 Å². The highest BCUT2D eigenvalue weighted by molar-refractivity contribution is 6.32. The molecule has 0 aliphatic carbocycles. The average Bonchev–Trinajstić information content (AvgIpc) is 3.23. The topological polar surface area (TPSA) is 95.6 Å². The highest BCUT2D eigenvalue weighted by Crippen LogP contribution is 2.40. The van der Waals surface area contributed by atoms with Gasteiger partial charge in [-0.1, -0.05) is 17.7 Å². The van der Waals surface area contributed by atoms with Crippen LogP contribution in [0.15, 0.2) is 65.8 Å². The number of hydrogen-bond acceptors (Lipinski definition) is 6. The van der Waals surface area contributed by atoms with Gasteiger partial charge in [0, 0.05) is 69.0 Å². The van der Waals surface area contributed by atoms with E-state index in [1.54, 1.807) is 49.9 Å². The third kappa shape index (κ3) is 4.98. The van der Waals surface area contributed by atoms with Crippen molar-refractivity contribution in [3.8, 4) is 33.7 Å². The van der Waals surface area contributed by atoms with Crippen molar-refractivity contribution in [2.24, 2.45) is 7.05 Å². The van der Waals surface area contributed by atoms with Crippen LogP contribution in [-0.2, 0) is 7.05 Å². The molecule has 0 amide bonds. The van der Waals surface area contributed by atoms with E-state index in [1.807, 2.05) is 6.07 Å². The van der Waals surface area contributed by atoms with Crippen LogP contribution in [0.3, 0.4) is 0 Å². The number of piperazine rings is 1. The van der Waals surface area contributed by atoms with Crippen LogP contribution in [0.4, 0.5) is 10.2 Å². The van der Waals surface area contributed by atoms with Crippen LogP contribution >= 0.6 is 11.6 Å². The fraction of sp³-hybridized carbons (Fsp3) is 0.259. The van der Waals surface area contributed by atoms with Gasteiger partial charge in [0.05, 0.1) is 10.7 Å². The Bertz CT molecular complexity index is 1500. The average molecular weight is 524 g/mol. The van der Waals surface area contributed by atoms with Crippen LogP contribution in [0.25, 0.3) is 27.9 Å². The van der Waals surface area contributed by atoms with Gasteiger partial charge in [0.1, 0.15) is 17.4 Å². The van der Waals surface area contributed by atoms with Gasteiger partial charge in [-0.2, -0.15) is 0 Å². The summed E-state index contributed by atoms with van der Waals surface area (Å²) in [6.45, 7) is 2.30. The molecular formula is C27H27ClFN5O3. The molecule has 1 atom stereocenters. The molecule has 0 saturated carbocycles. The normalized spacial score (nSPS) is 15.8. The summed E-state index contributed by atoms with van der Waals surface area (Å²) >= 11 is 6.51. The molecule has 2 aromatic heterocycles. The molecule has 10 heteroatoms. The van der Waals surface area contributed by atoms with Crippen molar-refractivity contribution in [3.05, 3.63) is 82.4 Å². The van der Waals surface area contributed by atoms with E-state index in [4.69, 9.17) is 11.6 Å². The fourth-order valence-corrected chi connectivity index (χ4v) is 4.97. The molecule has 0 spiro atoms. The van der Waals surface area contributed by atoms with Gasteiger partial charge in [0.15, 0.2) is 0 Å². The van der Waals surface area contributed by atoms with Crippen molar-refractivity contribution < 1.29 is 14.6 Å². The van der Waals surface area contributed by atoms with E-state index >= 15 is 0 Å². The van der Waals surface area contributed by atoms with Crippen molar-refractivity contribution in [2.45, 2.75) is 12.5 Å². The van der Waals surface area contributed by atoms with Crippen LogP contribution in [-0.4, -0.2) is 56.6 Å². The molecule has 0 bridgehead atoms. The maximum atomic E-state index is 14.8. The highest BCUT2D eigenvalue weighted by atomic mass is 35.5. The lowest BCUT2D eigenvalue weighted by Gasteiger charge is -2.34. The number of nitrogens with one attached hydrogen (secondary N) is 1. The number of aromatic nitrogens is 3. The standard InChI is InChI=1S/C27H27ClFN5O3/c1-32-9-10-34(27(32)37)24-3-2-17(12-23(24)28)21-14-19(29)15-22(26(21)36)18-4-6-31-25(13-18)33-8-7-30-20(16-33)5-11-35/h2-4,6,9-10,12-15,20,30,35-36H,5,7-8,11,16H2,1H3. The molecule has 1 saturated heterocycles. The molecule has 1 unspecified atom stereocenters. The van der Waals surface area contributed by atoms with Crippen LogP contribution in [0.5, 0.6) is 5.75 Å². The van der Waals surface area contributed by atoms with Gasteiger partial charge < -0.3 is 25.0 Å². The maximum absolute atomic E-state index is 14.8. The lowest BCUT2D eigenvalue weighted by Crippen LogP contribution is -2.51. The zero-order valence-electron chi connectivity index (χ0n) is 20.2. The SMILES string of the molecule is Cn1ccn(-c2ccc(-c3cc(F)cc(-c4ccnc(N5CCNC(CCO)C5)c4)c3O)cc2Cl)c1=O. The number of phenolic OH excluding ortho intramolecular Hbond substituents is 1. The quantitative estimate of drug-likeness (QED) is 0.358. The Balaban J connectivity index is 1.50. The first kappa shape index (κ1) is 25.0. The second kappa shape index (κ2) is 10.4. The first-order chi connectivity index (χ1) is 17.9. The Morgan fingerprint density at radius 2 is 1.89 bits per heavy atom. The van der Waals surface area contributed by atoms with Crippen LogP contribution in [0.2, 0.25) is 5.02 Å². The number of imidazole rings is 1. The minimum atomic E-state index is -0.508. The Labute approximate surface area is 218 Å². The number of hydrogen-bond donors (Lipinski definition) is 3. The van der Waals surface area contributed by atoms with Gasteiger partial charge in [0.2, 0.25) is 0 Å². The van der Waals surface area contributed by atoms with E-state index in [-0.39, 0.29) is 29.7 Å². The number of nitrogens with zero attached hydrogens (tertiary/aromatic N) is 4. The van der Waals surface area contributed by atoms with Gasteiger partial charge in [-0.05, 0) is 53.9 Å². The number of aliphatic hydroxyl groups excluding tert-OH is 1. The summed E-state index contributed by atoms with van der Waals surface area (Å²) in [6, 6.07) is 11.2. The van der Waals surface area contributed by atoms with Crippen LogP contribution in [0.1, 0.15) is 6.42 Å². The number of aryl methyl sites for hydroxylation is 1. The smallest absolute Gasteiger partial charge is 0.332 e. The van der Waals surface area contributed by atoms with Crippen molar-refractivity contribution in [2.75, 3.05) is 31.1 Å². The Morgan fingerprint density at radius 3 is 2.57 bits per heavy atom. The number of benzene rings is 2. The van der Waals surface area contributed by atoms with Gasteiger partial charge in [-0.3, -0.25) is 4.57 Å². The zero-order valence-corrected chi connectivity index (χ0v) is 21.0. The predicted molar refractivity (Wildman–Crippen MR) is 142 cm³/mol. The summed E-state index contributed by atoms with van der Waals surface area (Å²) in [4.78, 5) is 18.9.